The first-order valence-electron chi connectivity index (χ1n) is 7.84. The maximum Gasteiger partial charge on any atom is 0.0961 e. The van der Waals surface area contributed by atoms with Crippen LogP contribution in [0.2, 0.25) is 0 Å². The minimum absolute atomic E-state index is 0.259. The van der Waals surface area contributed by atoms with Crippen LogP contribution >= 0.6 is 0 Å². The van der Waals surface area contributed by atoms with Crippen LogP contribution in [0.4, 0.5) is 0 Å². The second-order valence-electron chi connectivity index (χ2n) is 6.15. The molecule has 1 aliphatic carbocycles. The largest absolute Gasteiger partial charge is 0.326 e. The second-order valence-corrected chi connectivity index (χ2v) is 6.15. The lowest BCUT2D eigenvalue weighted by Crippen LogP contribution is -2.08. The van der Waals surface area contributed by atoms with E-state index < -0.39 is 0 Å². The first-order valence-corrected chi connectivity index (χ1v) is 7.84. The number of rotatable bonds is 4. The standard InChI is InChI=1S/C18H20N4/c1-13(16-10-20-21(2)11-16)22-12-19-17(18(22)15-8-9-15)14-6-4-3-5-7-14/h3-7,10-13,15H,8-9H2,1-2H3/t13-/m0/s1. The molecule has 3 aromatic rings. The summed E-state index contributed by atoms with van der Waals surface area (Å²) in [5, 5.41) is 4.30. The molecule has 2 aromatic heterocycles. The maximum atomic E-state index is 4.74. The first-order chi connectivity index (χ1) is 10.7. The SMILES string of the molecule is C[C@@H](c1cnn(C)c1)n1cnc(-c2ccccc2)c1C1CC1. The third kappa shape index (κ3) is 2.25. The van der Waals surface area contributed by atoms with Gasteiger partial charge in [-0.25, -0.2) is 4.98 Å². The highest BCUT2D eigenvalue weighted by atomic mass is 15.2. The Balaban J connectivity index is 1.79. The normalized spacial score (nSPS) is 15.9. The molecule has 0 saturated heterocycles. The van der Waals surface area contributed by atoms with Crippen LogP contribution in [0, 0.1) is 0 Å². The van der Waals surface area contributed by atoms with Gasteiger partial charge in [0.15, 0.2) is 0 Å². The molecule has 0 aliphatic heterocycles. The second kappa shape index (κ2) is 5.13. The highest BCUT2D eigenvalue weighted by Crippen LogP contribution is 2.45. The fourth-order valence-corrected chi connectivity index (χ4v) is 3.08. The molecule has 4 nitrogen and oxygen atoms in total. The zero-order valence-corrected chi connectivity index (χ0v) is 13.0. The van der Waals surface area contributed by atoms with Crippen molar-refractivity contribution in [2.45, 2.75) is 31.7 Å². The Bertz CT molecular complexity index is 781. The number of aryl methyl sites for hydroxylation is 1. The molecule has 0 radical (unpaired) electrons. The summed E-state index contributed by atoms with van der Waals surface area (Å²) in [4.78, 5) is 4.74. The Morgan fingerprint density at radius 1 is 1.18 bits per heavy atom. The molecule has 0 amide bonds. The van der Waals surface area contributed by atoms with Crippen LogP contribution in [-0.2, 0) is 7.05 Å². The first kappa shape index (κ1) is 13.3. The highest BCUT2D eigenvalue weighted by Gasteiger charge is 2.32. The lowest BCUT2D eigenvalue weighted by molar-refractivity contribution is 0.609. The summed E-state index contributed by atoms with van der Waals surface area (Å²) in [6, 6.07) is 10.8. The van der Waals surface area contributed by atoms with Gasteiger partial charge in [0, 0.05) is 36.0 Å². The third-order valence-electron chi connectivity index (χ3n) is 4.47. The summed E-state index contributed by atoms with van der Waals surface area (Å²) in [5.74, 6) is 0.650. The van der Waals surface area contributed by atoms with Crippen LogP contribution < -0.4 is 0 Å². The minimum atomic E-state index is 0.259. The molecular weight excluding hydrogens is 272 g/mol. The molecule has 0 N–H and O–H groups in total. The zero-order valence-electron chi connectivity index (χ0n) is 13.0. The fraction of sp³-hybridized carbons (Fsp3) is 0.333. The monoisotopic (exact) mass is 292 g/mol. The topological polar surface area (TPSA) is 35.6 Å². The predicted octanol–water partition coefficient (Wildman–Crippen LogP) is 3.77. The van der Waals surface area contributed by atoms with Gasteiger partial charge in [-0.05, 0) is 19.8 Å². The van der Waals surface area contributed by atoms with E-state index in [1.807, 2.05) is 24.3 Å². The summed E-state index contributed by atoms with van der Waals surface area (Å²) in [6.45, 7) is 2.22. The molecule has 112 valence electrons. The third-order valence-corrected chi connectivity index (χ3v) is 4.47. The number of nitrogens with zero attached hydrogens (tertiary/aromatic N) is 4. The van der Waals surface area contributed by atoms with E-state index in [1.54, 1.807) is 0 Å². The Kier molecular flexibility index (Phi) is 3.10. The van der Waals surface area contributed by atoms with E-state index in [2.05, 4.69) is 53.1 Å². The van der Waals surface area contributed by atoms with Gasteiger partial charge in [-0.15, -0.1) is 0 Å². The summed E-state index contributed by atoms with van der Waals surface area (Å²) >= 11 is 0. The van der Waals surface area contributed by atoms with Gasteiger partial charge < -0.3 is 4.57 Å². The molecule has 1 fully saturated rings. The molecule has 4 heteroatoms. The van der Waals surface area contributed by atoms with Gasteiger partial charge >= 0.3 is 0 Å². The molecule has 1 aliphatic rings. The smallest absolute Gasteiger partial charge is 0.0961 e. The van der Waals surface area contributed by atoms with Crippen LogP contribution in [0.25, 0.3) is 11.3 Å². The van der Waals surface area contributed by atoms with Crippen molar-refractivity contribution in [3.05, 3.63) is 60.3 Å². The average Bonchev–Trinajstić information content (AvgIpc) is 3.13. The Hall–Kier alpha value is -2.36. The average molecular weight is 292 g/mol. The molecule has 1 atom stereocenters. The lowest BCUT2D eigenvalue weighted by atomic mass is 10.1. The van der Waals surface area contributed by atoms with E-state index in [1.165, 1.54) is 29.7 Å². The van der Waals surface area contributed by atoms with E-state index >= 15 is 0 Å². The van der Waals surface area contributed by atoms with Gasteiger partial charge in [0.25, 0.3) is 0 Å². The minimum Gasteiger partial charge on any atom is -0.326 e. The Morgan fingerprint density at radius 2 is 1.95 bits per heavy atom. The van der Waals surface area contributed by atoms with Crippen LogP contribution in [0.5, 0.6) is 0 Å². The van der Waals surface area contributed by atoms with E-state index in [0.29, 0.717) is 5.92 Å². The summed E-state index contributed by atoms with van der Waals surface area (Å²) in [7, 11) is 1.96. The number of imidazole rings is 1. The lowest BCUT2D eigenvalue weighted by Gasteiger charge is -2.16. The van der Waals surface area contributed by atoms with Crippen molar-refractivity contribution in [3.8, 4) is 11.3 Å². The van der Waals surface area contributed by atoms with Crippen LogP contribution in [0.1, 0.15) is 43.0 Å². The molecule has 1 aromatic carbocycles. The van der Waals surface area contributed by atoms with E-state index in [4.69, 9.17) is 4.98 Å². The quantitative estimate of drug-likeness (QED) is 0.734. The Morgan fingerprint density at radius 3 is 2.59 bits per heavy atom. The number of hydrogen-bond donors (Lipinski definition) is 0. The summed E-state index contributed by atoms with van der Waals surface area (Å²) in [5.41, 5.74) is 4.95. The Labute approximate surface area is 130 Å². The molecule has 4 rings (SSSR count). The van der Waals surface area contributed by atoms with Gasteiger partial charge in [-0.1, -0.05) is 30.3 Å². The van der Waals surface area contributed by atoms with Crippen molar-refractivity contribution >= 4 is 0 Å². The van der Waals surface area contributed by atoms with E-state index in [0.717, 1.165) is 5.69 Å². The summed E-state index contributed by atoms with van der Waals surface area (Å²) in [6.07, 6.45) is 8.57. The number of benzene rings is 1. The zero-order chi connectivity index (χ0) is 15.1. The van der Waals surface area contributed by atoms with Crippen molar-refractivity contribution < 1.29 is 0 Å². The van der Waals surface area contributed by atoms with Gasteiger partial charge in [-0.3, -0.25) is 4.68 Å². The predicted molar refractivity (Wildman–Crippen MR) is 86.7 cm³/mol. The van der Waals surface area contributed by atoms with Gasteiger partial charge in [0.2, 0.25) is 0 Å². The molecule has 0 spiro atoms. The summed E-state index contributed by atoms with van der Waals surface area (Å²) < 4.78 is 4.19. The number of hydrogen-bond acceptors (Lipinski definition) is 2. The van der Waals surface area contributed by atoms with Gasteiger partial charge in [0.05, 0.1) is 24.3 Å². The van der Waals surface area contributed by atoms with Crippen molar-refractivity contribution in [1.82, 2.24) is 19.3 Å². The fourth-order valence-electron chi connectivity index (χ4n) is 3.08. The molecule has 0 unspecified atom stereocenters. The van der Waals surface area contributed by atoms with Crippen molar-refractivity contribution in [1.29, 1.82) is 0 Å². The van der Waals surface area contributed by atoms with Crippen LogP contribution in [0.15, 0.2) is 49.1 Å². The van der Waals surface area contributed by atoms with Gasteiger partial charge in [0.1, 0.15) is 0 Å². The van der Waals surface area contributed by atoms with Crippen molar-refractivity contribution in [2.24, 2.45) is 7.05 Å². The molecule has 22 heavy (non-hydrogen) atoms. The maximum absolute atomic E-state index is 4.74. The van der Waals surface area contributed by atoms with E-state index in [-0.39, 0.29) is 6.04 Å². The molecule has 1 saturated carbocycles. The molecular formula is C18H20N4. The molecule has 2 heterocycles. The van der Waals surface area contributed by atoms with E-state index in [9.17, 15) is 0 Å². The van der Waals surface area contributed by atoms with Crippen molar-refractivity contribution in [2.75, 3.05) is 0 Å². The molecule has 0 bridgehead atoms. The van der Waals surface area contributed by atoms with Crippen LogP contribution in [-0.4, -0.2) is 19.3 Å². The highest BCUT2D eigenvalue weighted by molar-refractivity contribution is 5.63. The number of aromatic nitrogens is 4. The van der Waals surface area contributed by atoms with Crippen molar-refractivity contribution in [3.63, 3.8) is 0 Å². The van der Waals surface area contributed by atoms with Gasteiger partial charge in [-0.2, -0.15) is 5.10 Å². The van der Waals surface area contributed by atoms with Crippen LogP contribution in [0.3, 0.4) is 0 Å².